The molecule has 0 radical (unpaired) electrons. The number of rotatable bonds is 2. The third-order valence-corrected chi connectivity index (χ3v) is 0.639. The van der Waals surface area contributed by atoms with Gasteiger partial charge < -0.3 is 5.11 Å². The largest absolute Gasteiger partial charge is 0.392 e. The lowest BCUT2D eigenvalue weighted by Crippen LogP contribution is -1.74. The molecule has 0 aromatic heterocycles. The Morgan fingerprint density at radius 3 is 2.62 bits per heavy atom. The van der Waals surface area contributed by atoms with Gasteiger partial charge >= 0.3 is 0 Å². The van der Waals surface area contributed by atoms with Crippen molar-refractivity contribution in [2.75, 3.05) is 6.61 Å². The molecule has 0 aromatic rings. The molecule has 0 unspecified atom stereocenters. The van der Waals surface area contributed by atoms with E-state index >= 15 is 0 Å². The van der Waals surface area contributed by atoms with Crippen LogP contribution in [0.2, 0.25) is 0 Å². The number of hydrogen-bond acceptors (Lipinski definition) is 1. The molecule has 46 valence electrons. The first kappa shape index (κ1) is 7.48. The molecule has 0 aliphatic heterocycles. The highest BCUT2D eigenvalue weighted by atomic mass is 16.2. The van der Waals surface area contributed by atoms with Crippen molar-refractivity contribution in [2.45, 2.75) is 13.8 Å². The quantitative estimate of drug-likeness (QED) is 0.534. The molecule has 0 aliphatic carbocycles. The Morgan fingerprint density at radius 2 is 2.25 bits per heavy atom. The van der Waals surface area contributed by atoms with Crippen LogP contribution in [-0.4, -0.2) is 11.7 Å². The van der Waals surface area contributed by atoms with Gasteiger partial charge in [0, 0.05) is 0 Å². The molecule has 0 saturated carbocycles. The minimum Gasteiger partial charge on any atom is -0.392 e. The Morgan fingerprint density at radius 1 is 1.62 bits per heavy atom. The Hall–Kier alpha value is -0.520. The molecular weight excluding hydrogens is 100 g/mol. The van der Waals surface area contributed by atoms with Crippen molar-refractivity contribution in [1.82, 2.24) is 0 Å². The van der Waals surface area contributed by atoms with Gasteiger partial charge in [-0.3, -0.25) is 0 Å². The van der Waals surface area contributed by atoms with Gasteiger partial charge in [0.2, 0.25) is 0 Å². The molecule has 0 aromatic carbocycles. The van der Waals surface area contributed by atoms with E-state index < -0.39 is 0 Å². The zero-order chi connectivity index (χ0) is 6.41. The number of hydrogen-bond donors (Lipinski definition) is 1. The fraction of sp³-hybridized carbons (Fsp3) is 0.571. The van der Waals surface area contributed by atoms with E-state index in [1.54, 1.807) is 6.08 Å². The van der Waals surface area contributed by atoms with Gasteiger partial charge in [0.1, 0.15) is 0 Å². The fourth-order valence-electron chi connectivity index (χ4n) is 0.313. The zero-order valence-corrected chi connectivity index (χ0v) is 5.39. The first-order valence-electron chi connectivity index (χ1n) is 2.79. The molecule has 0 amide bonds. The third-order valence-electron chi connectivity index (χ3n) is 0.639. The molecule has 0 spiro atoms. The molecule has 0 rings (SSSR count). The van der Waals surface area contributed by atoms with Gasteiger partial charge in [0.05, 0.1) is 6.61 Å². The normalized spacial score (nSPS) is 8.50. The van der Waals surface area contributed by atoms with Crippen LogP contribution in [0.3, 0.4) is 0 Å². The topological polar surface area (TPSA) is 20.2 Å². The van der Waals surface area contributed by atoms with Crippen LogP contribution in [0.1, 0.15) is 13.8 Å². The fourth-order valence-corrected chi connectivity index (χ4v) is 0.313. The van der Waals surface area contributed by atoms with E-state index in [1.165, 1.54) is 0 Å². The van der Waals surface area contributed by atoms with Crippen LogP contribution in [0, 0.1) is 5.92 Å². The second-order valence-corrected chi connectivity index (χ2v) is 1.96. The van der Waals surface area contributed by atoms with Crippen molar-refractivity contribution < 1.29 is 5.11 Å². The Labute approximate surface area is 50.3 Å². The lowest BCUT2D eigenvalue weighted by Gasteiger charge is -1.85. The molecule has 1 nitrogen and oxygen atoms in total. The monoisotopic (exact) mass is 112 g/mol. The number of aliphatic hydroxyl groups is 1. The predicted molar refractivity (Wildman–Crippen MR) is 34.6 cm³/mol. The first-order chi connectivity index (χ1) is 3.77. The van der Waals surface area contributed by atoms with E-state index in [4.69, 9.17) is 5.11 Å². The minimum atomic E-state index is 0.0865. The summed E-state index contributed by atoms with van der Waals surface area (Å²) in [4.78, 5) is 0. The second kappa shape index (κ2) is 4.63. The van der Waals surface area contributed by atoms with Crippen LogP contribution in [0.15, 0.2) is 17.9 Å². The van der Waals surface area contributed by atoms with Gasteiger partial charge in [-0.1, -0.05) is 13.8 Å². The van der Waals surface area contributed by atoms with Crippen molar-refractivity contribution in [3.8, 4) is 0 Å². The van der Waals surface area contributed by atoms with E-state index in [-0.39, 0.29) is 6.61 Å². The van der Waals surface area contributed by atoms with E-state index in [0.717, 1.165) is 0 Å². The van der Waals surface area contributed by atoms with E-state index in [9.17, 15) is 0 Å². The summed E-state index contributed by atoms with van der Waals surface area (Å²) in [7, 11) is 0. The van der Waals surface area contributed by atoms with Gasteiger partial charge in [-0.25, -0.2) is 0 Å². The summed E-state index contributed by atoms with van der Waals surface area (Å²) in [6, 6.07) is 0. The maximum Gasteiger partial charge on any atom is 0.0686 e. The molecule has 8 heavy (non-hydrogen) atoms. The minimum absolute atomic E-state index is 0.0865. The maximum absolute atomic E-state index is 8.24. The van der Waals surface area contributed by atoms with Gasteiger partial charge in [-0.05, 0) is 18.1 Å². The summed E-state index contributed by atoms with van der Waals surface area (Å²) in [5, 5.41) is 8.24. The average Bonchev–Trinajstić information content (AvgIpc) is 1.66. The standard InChI is InChI=1S/C7H12O/c1-7(2)5-3-4-6-8/h4-5,7-8H,6H2,1-2H3. The van der Waals surface area contributed by atoms with Crippen molar-refractivity contribution in [2.24, 2.45) is 5.92 Å². The summed E-state index contributed by atoms with van der Waals surface area (Å²) in [6.45, 7) is 4.22. The summed E-state index contributed by atoms with van der Waals surface area (Å²) in [5.41, 5.74) is 2.83. The van der Waals surface area contributed by atoms with Crippen LogP contribution in [0.25, 0.3) is 0 Å². The van der Waals surface area contributed by atoms with Crippen molar-refractivity contribution in [3.63, 3.8) is 0 Å². The van der Waals surface area contributed by atoms with E-state index in [1.807, 2.05) is 6.08 Å². The molecule has 0 aliphatic rings. The second-order valence-electron chi connectivity index (χ2n) is 1.96. The van der Waals surface area contributed by atoms with Gasteiger partial charge in [-0.15, -0.1) is 5.73 Å². The lowest BCUT2D eigenvalue weighted by atomic mass is 10.2. The van der Waals surface area contributed by atoms with Crippen LogP contribution < -0.4 is 0 Å². The van der Waals surface area contributed by atoms with E-state index in [2.05, 4.69) is 19.6 Å². The summed E-state index contributed by atoms with van der Waals surface area (Å²) < 4.78 is 0. The molecular formula is C7H12O. The Balaban J connectivity index is 3.47. The van der Waals surface area contributed by atoms with Crippen LogP contribution in [-0.2, 0) is 0 Å². The summed E-state index contributed by atoms with van der Waals surface area (Å²) in [6.07, 6.45) is 3.51. The molecule has 0 saturated heterocycles. The van der Waals surface area contributed by atoms with Crippen LogP contribution >= 0.6 is 0 Å². The number of aliphatic hydroxyl groups excluding tert-OH is 1. The average molecular weight is 112 g/mol. The van der Waals surface area contributed by atoms with Gasteiger partial charge in [0.25, 0.3) is 0 Å². The predicted octanol–water partition coefficient (Wildman–Crippen LogP) is 1.35. The third kappa shape index (κ3) is 5.48. The molecule has 0 fully saturated rings. The SMILES string of the molecule is CC(C)C=C=CCO. The first-order valence-corrected chi connectivity index (χ1v) is 2.79. The highest BCUT2D eigenvalue weighted by Crippen LogP contribution is 1.89. The molecule has 1 N–H and O–H groups in total. The molecule has 1 heteroatoms. The Kier molecular flexibility index (Phi) is 4.33. The summed E-state index contributed by atoms with van der Waals surface area (Å²) in [5.74, 6) is 0.526. The lowest BCUT2D eigenvalue weighted by molar-refractivity contribution is 0.343. The highest BCUT2D eigenvalue weighted by Gasteiger charge is 1.77. The molecule has 0 bridgehead atoms. The molecule has 0 heterocycles. The van der Waals surface area contributed by atoms with E-state index in [0.29, 0.717) is 5.92 Å². The van der Waals surface area contributed by atoms with Gasteiger partial charge in [-0.2, -0.15) is 0 Å². The Bertz CT molecular complexity index is 97.0. The maximum atomic E-state index is 8.24. The summed E-state index contributed by atoms with van der Waals surface area (Å²) >= 11 is 0. The van der Waals surface area contributed by atoms with Crippen molar-refractivity contribution in [1.29, 1.82) is 0 Å². The van der Waals surface area contributed by atoms with Gasteiger partial charge in [0.15, 0.2) is 0 Å². The van der Waals surface area contributed by atoms with Crippen LogP contribution in [0.4, 0.5) is 0 Å². The van der Waals surface area contributed by atoms with Crippen LogP contribution in [0.5, 0.6) is 0 Å². The zero-order valence-electron chi connectivity index (χ0n) is 5.39. The molecule has 0 atom stereocenters. The highest BCUT2D eigenvalue weighted by molar-refractivity contribution is 4.86. The van der Waals surface area contributed by atoms with Crippen molar-refractivity contribution >= 4 is 0 Å². The smallest absolute Gasteiger partial charge is 0.0686 e. The van der Waals surface area contributed by atoms with Crippen molar-refractivity contribution in [3.05, 3.63) is 17.9 Å².